The van der Waals surface area contributed by atoms with Gasteiger partial charge in [-0.15, -0.1) is 0 Å². The number of esters is 1. The van der Waals surface area contributed by atoms with Crippen molar-refractivity contribution in [3.63, 3.8) is 0 Å². The Hall–Kier alpha value is -0.630. The van der Waals surface area contributed by atoms with Crippen LogP contribution < -0.4 is 0 Å². The highest BCUT2D eigenvalue weighted by molar-refractivity contribution is 9.10. The van der Waals surface area contributed by atoms with Crippen molar-refractivity contribution in [2.45, 2.75) is 30.7 Å². The van der Waals surface area contributed by atoms with Gasteiger partial charge in [0.2, 0.25) is 10.0 Å². The van der Waals surface area contributed by atoms with Crippen molar-refractivity contribution in [2.75, 3.05) is 13.2 Å². The average molecular weight is 397 g/mol. The van der Waals surface area contributed by atoms with Gasteiger partial charge >= 0.3 is 5.97 Å². The molecule has 1 saturated heterocycles. The summed E-state index contributed by atoms with van der Waals surface area (Å²) in [6.07, 6.45) is 1.12. The second kappa shape index (κ2) is 6.64. The molecule has 0 spiro atoms. The maximum Gasteiger partial charge on any atom is 0.324 e. The fourth-order valence-corrected chi connectivity index (χ4v) is 4.60. The van der Waals surface area contributed by atoms with Crippen molar-refractivity contribution in [1.29, 1.82) is 0 Å². The van der Waals surface area contributed by atoms with Crippen LogP contribution in [0.4, 0.5) is 0 Å². The maximum atomic E-state index is 12.7. The molecular weight excluding hydrogens is 382 g/mol. The van der Waals surface area contributed by atoms with Crippen molar-refractivity contribution in [3.8, 4) is 0 Å². The monoisotopic (exact) mass is 395 g/mol. The summed E-state index contributed by atoms with van der Waals surface area (Å²) in [5.41, 5.74) is 0. The first-order valence-corrected chi connectivity index (χ1v) is 9.12. The SMILES string of the molecule is CCOC(=O)C1CCCN1S(=O)(=O)c1ccc(Cl)c(Br)c1. The molecule has 0 saturated carbocycles. The number of carbonyl (C=O) groups is 1. The van der Waals surface area contributed by atoms with Crippen LogP contribution in [-0.4, -0.2) is 37.9 Å². The summed E-state index contributed by atoms with van der Waals surface area (Å²) in [6, 6.07) is 3.64. The van der Waals surface area contributed by atoms with Gasteiger partial charge in [0, 0.05) is 11.0 Å². The van der Waals surface area contributed by atoms with Crippen LogP contribution in [-0.2, 0) is 19.6 Å². The molecular formula is C13H15BrClNO4S. The predicted molar refractivity (Wildman–Crippen MR) is 82.7 cm³/mol. The highest BCUT2D eigenvalue weighted by Gasteiger charge is 2.40. The summed E-state index contributed by atoms with van der Waals surface area (Å²) in [7, 11) is -3.75. The van der Waals surface area contributed by atoms with E-state index < -0.39 is 22.0 Å². The van der Waals surface area contributed by atoms with Crippen molar-refractivity contribution in [2.24, 2.45) is 0 Å². The lowest BCUT2D eigenvalue weighted by Gasteiger charge is -2.22. The summed E-state index contributed by atoms with van der Waals surface area (Å²) in [4.78, 5) is 12.0. The van der Waals surface area contributed by atoms with E-state index in [4.69, 9.17) is 16.3 Å². The molecule has 1 aliphatic rings. The Kier molecular flexibility index (Phi) is 5.29. The number of sulfonamides is 1. The first-order chi connectivity index (χ1) is 9.87. The van der Waals surface area contributed by atoms with Gasteiger partial charge in [0.1, 0.15) is 6.04 Å². The molecule has 116 valence electrons. The van der Waals surface area contributed by atoms with E-state index in [2.05, 4.69) is 15.9 Å². The van der Waals surface area contributed by atoms with E-state index in [0.29, 0.717) is 28.9 Å². The van der Waals surface area contributed by atoms with E-state index in [1.807, 2.05) is 0 Å². The van der Waals surface area contributed by atoms with Crippen LogP contribution in [0.15, 0.2) is 27.6 Å². The quantitative estimate of drug-likeness (QED) is 0.734. The number of nitrogens with zero attached hydrogens (tertiary/aromatic N) is 1. The molecule has 1 aromatic rings. The molecule has 2 rings (SSSR count). The standard InChI is InChI=1S/C13H15BrClNO4S/c1-2-20-13(17)12-4-3-7-16(12)21(18,19)9-5-6-11(15)10(14)8-9/h5-6,8,12H,2-4,7H2,1H3. The number of benzene rings is 1. The third-order valence-corrected chi connectivity index (χ3v) is 6.38. The lowest BCUT2D eigenvalue weighted by atomic mass is 10.2. The van der Waals surface area contributed by atoms with Crippen molar-refractivity contribution < 1.29 is 17.9 Å². The van der Waals surface area contributed by atoms with E-state index in [1.54, 1.807) is 6.92 Å². The Morgan fingerprint density at radius 1 is 1.52 bits per heavy atom. The molecule has 1 fully saturated rings. The number of hydrogen-bond donors (Lipinski definition) is 0. The van der Waals surface area contributed by atoms with Crippen molar-refractivity contribution in [1.82, 2.24) is 4.31 Å². The molecule has 0 N–H and O–H groups in total. The largest absolute Gasteiger partial charge is 0.465 e. The smallest absolute Gasteiger partial charge is 0.324 e. The van der Waals surface area contributed by atoms with Crippen molar-refractivity contribution in [3.05, 3.63) is 27.7 Å². The number of rotatable bonds is 4. The maximum absolute atomic E-state index is 12.7. The van der Waals surface area contributed by atoms with Crippen LogP contribution in [0, 0.1) is 0 Å². The van der Waals surface area contributed by atoms with Gasteiger partial charge in [-0.05, 0) is 53.9 Å². The molecule has 0 aliphatic carbocycles. The molecule has 5 nitrogen and oxygen atoms in total. The van der Waals surface area contributed by atoms with Gasteiger partial charge in [-0.1, -0.05) is 11.6 Å². The molecule has 0 amide bonds. The highest BCUT2D eigenvalue weighted by Crippen LogP contribution is 2.30. The van der Waals surface area contributed by atoms with E-state index in [0.717, 1.165) is 0 Å². The Balaban J connectivity index is 2.33. The minimum absolute atomic E-state index is 0.106. The molecule has 0 radical (unpaired) electrons. The average Bonchev–Trinajstić information content (AvgIpc) is 2.92. The van der Waals surface area contributed by atoms with Gasteiger partial charge < -0.3 is 4.74 Å². The zero-order chi connectivity index (χ0) is 15.6. The Labute approximate surface area is 137 Å². The predicted octanol–water partition coefficient (Wildman–Crippen LogP) is 2.82. The van der Waals surface area contributed by atoms with E-state index in [-0.39, 0.29) is 11.5 Å². The molecule has 1 unspecified atom stereocenters. The van der Waals surface area contributed by atoms with E-state index >= 15 is 0 Å². The summed E-state index contributed by atoms with van der Waals surface area (Å²) >= 11 is 9.09. The van der Waals surface area contributed by atoms with Crippen LogP contribution in [0.1, 0.15) is 19.8 Å². The summed E-state index contributed by atoms with van der Waals surface area (Å²) in [5, 5.41) is 0.428. The molecule has 0 bridgehead atoms. The van der Waals surface area contributed by atoms with Crippen LogP contribution in [0.3, 0.4) is 0 Å². The first-order valence-electron chi connectivity index (χ1n) is 6.51. The number of ether oxygens (including phenoxy) is 1. The fourth-order valence-electron chi connectivity index (χ4n) is 2.27. The zero-order valence-corrected chi connectivity index (χ0v) is 14.5. The number of carbonyl (C=O) groups excluding carboxylic acids is 1. The molecule has 8 heteroatoms. The summed E-state index contributed by atoms with van der Waals surface area (Å²) in [5.74, 6) is -0.494. The minimum Gasteiger partial charge on any atom is -0.465 e. The van der Waals surface area contributed by atoms with Crippen LogP contribution in [0.25, 0.3) is 0 Å². The molecule has 21 heavy (non-hydrogen) atoms. The first kappa shape index (κ1) is 16.7. The molecule has 0 aromatic heterocycles. The number of hydrogen-bond acceptors (Lipinski definition) is 4. The second-order valence-electron chi connectivity index (χ2n) is 4.60. The number of halogens is 2. The normalized spacial score (nSPS) is 19.7. The topological polar surface area (TPSA) is 63.7 Å². The van der Waals surface area contributed by atoms with Gasteiger partial charge in [-0.2, -0.15) is 4.31 Å². The van der Waals surface area contributed by atoms with Crippen LogP contribution in [0.2, 0.25) is 5.02 Å². The van der Waals surface area contributed by atoms with Gasteiger partial charge in [0.15, 0.2) is 0 Å². The lowest BCUT2D eigenvalue weighted by Crippen LogP contribution is -2.41. The third kappa shape index (κ3) is 3.41. The van der Waals surface area contributed by atoms with E-state index in [9.17, 15) is 13.2 Å². The summed E-state index contributed by atoms with van der Waals surface area (Å²) in [6.45, 7) is 2.24. The fraction of sp³-hybridized carbons (Fsp3) is 0.462. The highest BCUT2D eigenvalue weighted by atomic mass is 79.9. The molecule has 1 aromatic carbocycles. The summed E-state index contributed by atoms with van der Waals surface area (Å²) < 4.78 is 32.0. The van der Waals surface area contributed by atoms with Gasteiger partial charge in [-0.25, -0.2) is 8.42 Å². The molecule has 1 aliphatic heterocycles. The Bertz CT molecular complexity index is 650. The Morgan fingerprint density at radius 3 is 2.86 bits per heavy atom. The van der Waals surface area contributed by atoms with Gasteiger partial charge in [0.05, 0.1) is 16.5 Å². The van der Waals surface area contributed by atoms with E-state index in [1.165, 1.54) is 22.5 Å². The second-order valence-corrected chi connectivity index (χ2v) is 7.75. The molecule has 1 atom stereocenters. The Morgan fingerprint density at radius 2 is 2.24 bits per heavy atom. The van der Waals surface area contributed by atoms with Crippen LogP contribution >= 0.6 is 27.5 Å². The lowest BCUT2D eigenvalue weighted by molar-refractivity contribution is -0.146. The zero-order valence-electron chi connectivity index (χ0n) is 11.4. The van der Waals surface area contributed by atoms with Crippen molar-refractivity contribution >= 4 is 43.5 Å². The van der Waals surface area contributed by atoms with Gasteiger partial charge in [-0.3, -0.25) is 4.79 Å². The third-order valence-electron chi connectivity index (χ3n) is 3.26. The van der Waals surface area contributed by atoms with Crippen LogP contribution in [0.5, 0.6) is 0 Å². The minimum atomic E-state index is -3.75. The van der Waals surface area contributed by atoms with Gasteiger partial charge in [0.25, 0.3) is 0 Å². The molecule has 1 heterocycles.